The first-order valence-corrected chi connectivity index (χ1v) is 14.1. The second-order valence-corrected chi connectivity index (χ2v) is 10.8. The van der Waals surface area contributed by atoms with Crippen molar-refractivity contribution in [3.8, 4) is 11.5 Å². The highest BCUT2D eigenvalue weighted by Crippen LogP contribution is 2.44. The molecule has 2 aliphatic heterocycles. The number of azide groups is 1. The summed E-state index contributed by atoms with van der Waals surface area (Å²) < 4.78 is 11.1. The molecule has 4 unspecified atom stereocenters. The van der Waals surface area contributed by atoms with Crippen LogP contribution in [0.25, 0.3) is 10.4 Å². The lowest BCUT2D eigenvalue weighted by Gasteiger charge is -2.49. The molecular formula is C29H39N7O5. The fourth-order valence-electron chi connectivity index (χ4n) is 6.12. The minimum Gasteiger partial charge on any atom is -0.493 e. The molecule has 1 amide bonds. The SMILES string of the molecule is CCC(C)C1CN2CCc3cc(OC)c(OC)cc3C2CC1NC(=O)CCCNc1ccc(N=[N+]=[N-])cc1[N+](=O)[O-]. The van der Waals surface area contributed by atoms with Crippen molar-refractivity contribution >= 4 is 23.0 Å². The summed E-state index contributed by atoms with van der Waals surface area (Å²) in [4.78, 5) is 29.3. The summed E-state index contributed by atoms with van der Waals surface area (Å²) in [6.07, 6.45) is 3.63. The Morgan fingerprint density at radius 3 is 2.71 bits per heavy atom. The van der Waals surface area contributed by atoms with E-state index in [-0.39, 0.29) is 29.4 Å². The van der Waals surface area contributed by atoms with Crippen LogP contribution in [0.5, 0.6) is 11.5 Å². The standard InChI is InChI=1S/C29H39N7O5/c1-5-18(2)22-17-35-12-10-19-13-27(40-3)28(41-4)15-21(19)25(35)16-24(22)32-29(37)7-6-11-31-23-9-8-20(33-34-30)14-26(23)36(38)39/h8-9,13-15,18,22,24-25,31H,5-7,10-12,16-17H2,1-4H3,(H,32,37). The molecule has 2 aromatic rings. The van der Waals surface area contributed by atoms with Crippen LogP contribution in [0, 0.1) is 22.0 Å². The molecule has 2 heterocycles. The number of carbonyl (C=O) groups excluding carboxylic acids is 1. The van der Waals surface area contributed by atoms with Crippen LogP contribution >= 0.6 is 0 Å². The quantitative estimate of drug-likeness (QED) is 0.0811. The maximum Gasteiger partial charge on any atom is 0.292 e. The molecular weight excluding hydrogens is 526 g/mol. The minimum atomic E-state index is -0.526. The van der Waals surface area contributed by atoms with Gasteiger partial charge in [0.05, 0.1) is 19.1 Å². The molecule has 0 saturated carbocycles. The first kappa shape index (κ1) is 30.0. The molecule has 1 saturated heterocycles. The number of hydrogen-bond donors (Lipinski definition) is 2. The summed E-state index contributed by atoms with van der Waals surface area (Å²) in [6.45, 7) is 6.75. The van der Waals surface area contributed by atoms with E-state index in [0.29, 0.717) is 36.9 Å². The summed E-state index contributed by atoms with van der Waals surface area (Å²) >= 11 is 0. The predicted molar refractivity (Wildman–Crippen MR) is 157 cm³/mol. The lowest BCUT2D eigenvalue weighted by atomic mass is 9.75. The summed E-state index contributed by atoms with van der Waals surface area (Å²) in [7, 11) is 3.31. The number of benzene rings is 2. The minimum absolute atomic E-state index is 0.0184. The molecule has 0 aromatic heterocycles. The Morgan fingerprint density at radius 2 is 2.02 bits per heavy atom. The second-order valence-electron chi connectivity index (χ2n) is 10.8. The van der Waals surface area contributed by atoms with E-state index in [1.807, 2.05) is 0 Å². The highest BCUT2D eigenvalue weighted by atomic mass is 16.6. The molecule has 4 atom stereocenters. The Balaban J connectivity index is 1.41. The average Bonchev–Trinajstić information content (AvgIpc) is 2.98. The van der Waals surface area contributed by atoms with Crippen molar-refractivity contribution in [3.05, 3.63) is 62.0 Å². The Hall–Kier alpha value is -4.02. The molecule has 2 aliphatic rings. The number of nitro benzene ring substituents is 1. The highest BCUT2D eigenvalue weighted by Gasteiger charge is 2.41. The van der Waals surface area contributed by atoms with Crippen molar-refractivity contribution in [1.82, 2.24) is 10.2 Å². The zero-order valence-electron chi connectivity index (χ0n) is 24.1. The fraction of sp³-hybridized carbons (Fsp3) is 0.552. The van der Waals surface area contributed by atoms with Crippen molar-refractivity contribution in [2.45, 2.75) is 58.0 Å². The number of nitrogens with one attached hydrogen (secondary N) is 2. The number of fused-ring (bicyclic) bond motifs is 3. The van der Waals surface area contributed by atoms with Crippen molar-refractivity contribution in [2.24, 2.45) is 17.0 Å². The van der Waals surface area contributed by atoms with E-state index < -0.39 is 4.92 Å². The molecule has 0 radical (unpaired) electrons. The first-order chi connectivity index (χ1) is 19.8. The van der Waals surface area contributed by atoms with Crippen LogP contribution < -0.4 is 20.1 Å². The lowest BCUT2D eigenvalue weighted by Crippen LogP contribution is -2.55. The van der Waals surface area contributed by atoms with E-state index >= 15 is 0 Å². The monoisotopic (exact) mass is 565 g/mol. The van der Waals surface area contributed by atoms with E-state index in [4.69, 9.17) is 15.0 Å². The molecule has 0 bridgehead atoms. The number of nitro groups is 1. The highest BCUT2D eigenvalue weighted by molar-refractivity contribution is 5.76. The summed E-state index contributed by atoms with van der Waals surface area (Å²) in [5.74, 6) is 2.25. The first-order valence-electron chi connectivity index (χ1n) is 14.1. The van der Waals surface area contributed by atoms with Gasteiger partial charge in [-0.2, -0.15) is 0 Å². The summed E-state index contributed by atoms with van der Waals surface area (Å²) in [5.41, 5.74) is 11.4. The maximum atomic E-state index is 13.1. The van der Waals surface area contributed by atoms with Gasteiger partial charge in [0.1, 0.15) is 5.69 Å². The number of anilines is 1. The number of piperidine rings is 1. The molecule has 0 aliphatic carbocycles. The van der Waals surface area contributed by atoms with Crippen LogP contribution in [0.3, 0.4) is 0 Å². The molecule has 12 nitrogen and oxygen atoms in total. The average molecular weight is 566 g/mol. The second kappa shape index (κ2) is 13.6. The Morgan fingerprint density at radius 1 is 1.27 bits per heavy atom. The van der Waals surface area contributed by atoms with E-state index in [9.17, 15) is 14.9 Å². The van der Waals surface area contributed by atoms with Gasteiger partial charge < -0.3 is 20.1 Å². The van der Waals surface area contributed by atoms with Crippen LogP contribution in [-0.2, 0) is 11.2 Å². The number of carbonyl (C=O) groups is 1. The van der Waals surface area contributed by atoms with Gasteiger partial charge in [0, 0.05) is 54.8 Å². The third-order valence-corrected chi connectivity index (χ3v) is 8.51. The molecule has 0 spiro atoms. The van der Waals surface area contributed by atoms with Gasteiger partial charge in [-0.25, -0.2) is 0 Å². The molecule has 220 valence electrons. The van der Waals surface area contributed by atoms with Crippen molar-refractivity contribution < 1.29 is 19.2 Å². The molecule has 41 heavy (non-hydrogen) atoms. The van der Waals surface area contributed by atoms with E-state index in [2.05, 4.69) is 51.5 Å². The van der Waals surface area contributed by atoms with E-state index in [1.165, 1.54) is 29.3 Å². The Bertz CT molecular complexity index is 1310. The van der Waals surface area contributed by atoms with E-state index in [1.54, 1.807) is 14.2 Å². The summed E-state index contributed by atoms with van der Waals surface area (Å²) in [5, 5.41) is 21.3. The van der Waals surface area contributed by atoms with Gasteiger partial charge in [0.2, 0.25) is 5.91 Å². The van der Waals surface area contributed by atoms with Gasteiger partial charge >= 0.3 is 0 Å². The predicted octanol–water partition coefficient (Wildman–Crippen LogP) is 5.90. The molecule has 1 fully saturated rings. The van der Waals surface area contributed by atoms with Crippen LogP contribution in [0.15, 0.2) is 35.4 Å². The largest absolute Gasteiger partial charge is 0.493 e. The fourth-order valence-corrected chi connectivity index (χ4v) is 6.12. The van der Waals surface area contributed by atoms with Gasteiger partial charge in [-0.15, -0.1) is 0 Å². The number of hydrogen-bond acceptors (Lipinski definition) is 8. The molecule has 2 aromatic carbocycles. The number of rotatable bonds is 12. The number of ether oxygens (including phenoxy) is 2. The zero-order chi connectivity index (χ0) is 29.5. The molecule has 4 rings (SSSR count). The smallest absolute Gasteiger partial charge is 0.292 e. The zero-order valence-corrected chi connectivity index (χ0v) is 24.1. The number of methoxy groups -OCH3 is 2. The maximum absolute atomic E-state index is 13.1. The van der Waals surface area contributed by atoms with Gasteiger partial charge in [-0.05, 0) is 66.0 Å². The molecule has 12 heteroatoms. The number of amides is 1. The van der Waals surface area contributed by atoms with Crippen LogP contribution in [0.1, 0.15) is 56.7 Å². The normalized spacial score (nSPS) is 20.5. The molecule has 2 N–H and O–H groups in total. The lowest BCUT2D eigenvalue weighted by molar-refractivity contribution is -0.383. The topological polar surface area (TPSA) is 155 Å². The summed E-state index contributed by atoms with van der Waals surface area (Å²) in [6, 6.07) is 8.67. The van der Waals surface area contributed by atoms with Gasteiger partial charge in [0.15, 0.2) is 11.5 Å². The van der Waals surface area contributed by atoms with Crippen molar-refractivity contribution in [1.29, 1.82) is 0 Å². The third kappa shape index (κ3) is 6.83. The van der Waals surface area contributed by atoms with Crippen LogP contribution in [-0.4, -0.2) is 55.6 Å². The van der Waals surface area contributed by atoms with Crippen LogP contribution in [0.4, 0.5) is 17.1 Å². The van der Waals surface area contributed by atoms with Gasteiger partial charge in [-0.1, -0.05) is 31.4 Å². The Kier molecular flexibility index (Phi) is 9.91. The van der Waals surface area contributed by atoms with E-state index in [0.717, 1.165) is 43.9 Å². The van der Waals surface area contributed by atoms with Crippen molar-refractivity contribution in [2.75, 3.05) is 39.2 Å². The Labute approximate surface area is 240 Å². The van der Waals surface area contributed by atoms with Gasteiger partial charge in [0.25, 0.3) is 5.69 Å². The number of nitrogens with zero attached hydrogens (tertiary/aromatic N) is 5. The third-order valence-electron chi connectivity index (χ3n) is 8.51. The van der Waals surface area contributed by atoms with Crippen molar-refractivity contribution in [3.63, 3.8) is 0 Å². The van der Waals surface area contributed by atoms with Gasteiger partial charge in [-0.3, -0.25) is 19.8 Å². The van der Waals surface area contributed by atoms with Crippen LogP contribution in [0.2, 0.25) is 0 Å².